The van der Waals surface area contributed by atoms with Gasteiger partial charge in [-0.15, -0.1) is 0 Å². The van der Waals surface area contributed by atoms with Gasteiger partial charge in [-0.05, 0) is 0 Å². The molecule has 0 rings (SSSR count). The van der Waals surface area contributed by atoms with Gasteiger partial charge in [0.05, 0.1) is 0 Å². The molecule has 0 bridgehead atoms. The molecule has 0 aliphatic carbocycles. The molecule has 0 unspecified atom stereocenters. The summed E-state index contributed by atoms with van der Waals surface area (Å²) in [7, 11) is 0. The number of hydrogen-bond acceptors (Lipinski definition) is 1. The molecule has 0 aromatic heterocycles. The van der Waals surface area contributed by atoms with Gasteiger partial charge in [0, 0.05) is 19.5 Å². The quantitative estimate of drug-likeness (QED) is 0.327. The van der Waals surface area contributed by atoms with Crippen LogP contribution in [0.2, 0.25) is 0 Å². The molecule has 0 aromatic carbocycles. The minimum atomic E-state index is -5.35. The molecule has 0 heterocycles. The molecule has 7 heavy (non-hydrogen) atoms. The fourth-order valence-electron chi connectivity index (χ4n) is 0. The average molecular weight is 466 g/mol. The number of hydrogen-bond donors (Lipinski definition) is 3. The maximum Gasteiger partial charge on any atom is 0 e. The van der Waals surface area contributed by atoms with Crippen LogP contribution in [0.15, 0.2) is 0 Å². The van der Waals surface area contributed by atoms with Crippen molar-refractivity contribution in [3.8, 4) is 0 Å². The first kappa shape index (κ1) is 16.0. The first-order valence-corrected chi connectivity index (χ1v) is 5.25. The first-order chi connectivity index (χ1) is 2.00. The van der Waals surface area contributed by atoms with Crippen molar-refractivity contribution in [3.63, 3.8) is 0 Å². The van der Waals surface area contributed by atoms with Gasteiger partial charge >= 0.3 is 59.4 Å². The Morgan fingerprint density at radius 2 is 1.14 bits per heavy atom. The molecule has 0 saturated heterocycles. The summed E-state index contributed by atoms with van der Waals surface area (Å²) >= 11 is -5.35. The maximum atomic E-state index is 8.97. The van der Waals surface area contributed by atoms with Gasteiger partial charge < -0.3 is 0 Å². The number of rotatable bonds is 0. The van der Waals surface area contributed by atoms with Crippen molar-refractivity contribution in [2.24, 2.45) is 0 Å². The van der Waals surface area contributed by atoms with E-state index in [4.69, 9.17) is 13.2 Å². The van der Waals surface area contributed by atoms with Crippen LogP contribution in [0.5, 0.6) is 0 Å². The van der Waals surface area contributed by atoms with E-state index in [1.807, 2.05) is 0 Å². The molecular weight excluding hydrogens is 460 g/mol. The molecule has 42 valence electrons. The summed E-state index contributed by atoms with van der Waals surface area (Å²) < 4.78 is 30.8. The molecule has 0 fully saturated rings. The summed E-state index contributed by atoms with van der Waals surface area (Å²) in [6, 6.07) is 0. The van der Waals surface area contributed by atoms with Crippen LogP contribution in [-0.4, -0.2) is 56.4 Å². The molecule has 0 spiro atoms. The van der Waals surface area contributed by atoms with Gasteiger partial charge in [-0.3, -0.25) is 0 Å². The van der Waals surface area contributed by atoms with Gasteiger partial charge in [-0.1, -0.05) is 0 Å². The minimum Gasteiger partial charge on any atom is 0 e. The SMILES string of the molecule is [BiH3].[O]=[Sb]([OH])([OH])[OH].[Zn]. The van der Waals surface area contributed by atoms with Crippen LogP contribution in [0.1, 0.15) is 0 Å². The Hall–Kier alpha value is 2.00. The third kappa shape index (κ3) is 71.8. The molecule has 7 heteroatoms. The summed E-state index contributed by atoms with van der Waals surface area (Å²) in [6.07, 6.45) is 0. The topological polar surface area (TPSA) is 77.8 Å². The van der Waals surface area contributed by atoms with E-state index in [2.05, 4.69) is 0 Å². The van der Waals surface area contributed by atoms with E-state index in [-0.39, 0.29) is 45.7 Å². The van der Waals surface area contributed by atoms with E-state index in [0.29, 0.717) is 0 Å². The zero-order chi connectivity index (χ0) is 4.50. The van der Waals surface area contributed by atoms with Crippen LogP contribution in [0.25, 0.3) is 0 Å². The average Bonchev–Trinajstić information content (AvgIpc) is 0.722. The zero-order valence-corrected chi connectivity index (χ0v) is 14.6. The smallest absolute Gasteiger partial charge is 0 e. The Balaban J connectivity index is -0.0000000800. The van der Waals surface area contributed by atoms with E-state index in [1.165, 1.54) is 0 Å². The van der Waals surface area contributed by atoms with Crippen molar-refractivity contribution in [3.05, 3.63) is 0 Å². The molecule has 3 N–H and O–H groups in total. The Morgan fingerprint density at radius 1 is 1.14 bits per heavy atom. The van der Waals surface area contributed by atoms with E-state index >= 15 is 0 Å². The molecule has 0 aromatic rings. The second-order valence-corrected chi connectivity index (χ2v) is 3.44. The first-order valence-electron chi connectivity index (χ1n) is 0.783. The van der Waals surface area contributed by atoms with Gasteiger partial charge in [0.1, 0.15) is 0 Å². The zero-order valence-electron chi connectivity index (χ0n) is 3.61. The van der Waals surface area contributed by atoms with E-state index in [0.717, 1.165) is 0 Å². The second-order valence-electron chi connectivity index (χ2n) is 0.513. The predicted molar refractivity (Wildman–Crippen MR) is 23.0 cm³/mol. The Morgan fingerprint density at radius 3 is 1.14 bits per heavy atom. The van der Waals surface area contributed by atoms with Gasteiger partial charge in [0.15, 0.2) is 0 Å². The largest absolute Gasteiger partial charge is 0 e. The van der Waals surface area contributed by atoms with Gasteiger partial charge in [-0.2, -0.15) is 0 Å². The maximum absolute atomic E-state index is 8.97. The molecule has 0 aliphatic heterocycles. The van der Waals surface area contributed by atoms with E-state index in [9.17, 15) is 0 Å². The molecule has 0 amide bonds. The molecule has 0 radical (unpaired) electrons. The molecule has 0 aliphatic rings. The van der Waals surface area contributed by atoms with Crippen molar-refractivity contribution in [1.82, 2.24) is 0 Å². The molecule has 4 nitrogen and oxygen atoms in total. The third-order valence-corrected chi connectivity index (χ3v) is 0. The normalized spacial score (nSPS) is 8.43. The van der Waals surface area contributed by atoms with E-state index < -0.39 is 20.1 Å². The fourth-order valence-corrected chi connectivity index (χ4v) is 0. The van der Waals surface area contributed by atoms with Crippen molar-refractivity contribution in [2.45, 2.75) is 0 Å². The van der Waals surface area contributed by atoms with Crippen molar-refractivity contribution >= 4 is 46.3 Å². The van der Waals surface area contributed by atoms with Crippen LogP contribution >= 0.6 is 0 Å². The summed E-state index contributed by atoms with van der Waals surface area (Å²) in [6.45, 7) is 0. The van der Waals surface area contributed by atoms with Crippen molar-refractivity contribution < 1.29 is 32.7 Å². The molecule has 0 saturated carbocycles. The van der Waals surface area contributed by atoms with Gasteiger partial charge in [-0.25, -0.2) is 0 Å². The molecule has 0 atom stereocenters. The standard InChI is InChI=1S/Bi.3H2O.O.Sb.Zn.3H/h;3*1H2;;;;;;/q;;;;;+3;;;;/p-3. The van der Waals surface area contributed by atoms with Crippen LogP contribution in [-0.2, 0) is 22.5 Å². The summed E-state index contributed by atoms with van der Waals surface area (Å²) in [5.74, 6) is 0. The van der Waals surface area contributed by atoms with Crippen LogP contribution in [0.3, 0.4) is 0 Å². The Kier molecular flexibility index (Phi) is 14.0. The van der Waals surface area contributed by atoms with Crippen LogP contribution in [0, 0.1) is 0 Å². The predicted octanol–water partition coefficient (Wildman–Crippen LogP) is -3.36. The minimum absolute atomic E-state index is 0. The second kappa shape index (κ2) is 6.13. The van der Waals surface area contributed by atoms with Crippen LogP contribution in [0.4, 0.5) is 0 Å². The Labute approximate surface area is 77.9 Å². The summed E-state index contributed by atoms with van der Waals surface area (Å²) in [4.78, 5) is 0. The Bertz CT molecular complexity index is 57.8. The monoisotopic (exact) mass is 464 g/mol. The summed E-state index contributed by atoms with van der Waals surface area (Å²) in [5.41, 5.74) is 0. The van der Waals surface area contributed by atoms with Gasteiger partial charge in [0.25, 0.3) is 0 Å². The van der Waals surface area contributed by atoms with Gasteiger partial charge in [0.2, 0.25) is 0 Å². The van der Waals surface area contributed by atoms with Crippen LogP contribution < -0.4 is 0 Å². The van der Waals surface area contributed by atoms with E-state index in [1.54, 1.807) is 0 Å². The third-order valence-electron chi connectivity index (χ3n) is 0. The van der Waals surface area contributed by atoms with Crippen molar-refractivity contribution in [1.29, 1.82) is 0 Å². The molecular formula is H6BiO4SbZn. The van der Waals surface area contributed by atoms with Crippen molar-refractivity contribution in [2.75, 3.05) is 0 Å². The summed E-state index contributed by atoms with van der Waals surface area (Å²) in [5, 5.41) is 0. The fraction of sp³-hybridized carbons (Fsp3) is 0.